The van der Waals surface area contributed by atoms with Crippen LogP contribution in [-0.4, -0.2) is 21.6 Å². The molecule has 2 aromatic carbocycles. The van der Waals surface area contributed by atoms with Crippen molar-refractivity contribution in [1.82, 2.24) is 0 Å². The summed E-state index contributed by atoms with van der Waals surface area (Å²) in [6, 6.07) is 5.31. The molecule has 0 bridgehead atoms. The van der Waals surface area contributed by atoms with Crippen LogP contribution in [0.1, 0.15) is 6.42 Å². The van der Waals surface area contributed by atoms with Crippen LogP contribution in [0, 0.1) is 17.5 Å². The topological polar surface area (TPSA) is 64.6 Å². The molecule has 9 heteroatoms. The second-order valence-electron chi connectivity index (χ2n) is 4.99. The molecular formula is C15H12F3NO4S. The van der Waals surface area contributed by atoms with Crippen molar-refractivity contribution in [2.45, 2.75) is 11.3 Å². The van der Waals surface area contributed by atoms with Crippen LogP contribution in [-0.2, 0) is 10.0 Å². The lowest BCUT2D eigenvalue weighted by atomic mass is 10.3. The van der Waals surface area contributed by atoms with Gasteiger partial charge in [-0.2, -0.15) is 0 Å². The SMILES string of the molecule is O=S(=O)(Nc1ccc(F)c(F)c1F)c1ccc2c(c1)OCCCO2. The zero-order valence-corrected chi connectivity index (χ0v) is 13.0. The van der Waals surface area contributed by atoms with E-state index < -0.39 is 33.2 Å². The molecule has 1 aliphatic rings. The van der Waals surface area contributed by atoms with Gasteiger partial charge in [0.15, 0.2) is 29.0 Å². The van der Waals surface area contributed by atoms with Gasteiger partial charge in [-0.05, 0) is 24.3 Å². The number of anilines is 1. The molecule has 128 valence electrons. The second-order valence-corrected chi connectivity index (χ2v) is 6.67. The normalized spacial score (nSPS) is 14.1. The number of ether oxygens (including phenoxy) is 2. The number of benzene rings is 2. The van der Waals surface area contributed by atoms with Crippen molar-refractivity contribution < 1.29 is 31.1 Å². The maximum atomic E-state index is 13.6. The Morgan fingerprint density at radius 3 is 2.38 bits per heavy atom. The van der Waals surface area contributed by atoms with E-state index in [0.29, 0.717) is 31.5 Å². The Morgan fingerprint density at radius 1 is 0.917 bits per heavy atom. The van der Waals surface area contributed by atoms with Gasteiger partial charge in [-0.3, -0.25) is 4.72 Å². The van der Waals surface area contributed by atoms with Crippen LogP contribution < -0.4 is 14.2 Å². The minimum Gasteiger partial charge on any atom is -0.490 e. The molecule has 0 fully saturated rings. The molecule has 5 nitrogen and oxygen atoms in total. The third kappa shape index (κ3) is 3.12. The zero-order chi connectivity index (χ0) is 17.3. The van der Waals surface area contributed by atoms with E-state index in [1.54, 1.807) is 0 Å². The summed E-state index contributed by atoms with van der Waals surface area (Å²) < 4.78 is 77.1. The smallest absolute Gasteiger partial charge is 0.262 e. The molecule has 0 aromatic heterocycles. The van der Waals surface area contributed by atoms with Gasteiger partial charge in [0.2, 0.25) is 0 Å². The first-order chi connectivity index (χ1) is 11.4. The summed E-state index contributed by atoms with van der Waals surface area (Å²) in [5, 5.41) is 0. The summed E-state index contributed by atoms with van der Waals surface area (Å²) in [4.78, 5) is -0.226. The van der Waals surface area contributed by atoms with Crippen LogP contribution in [0.5, 0.6) is 11.5 Å². The van der Waals surface area contributed by atoms with Gasteiger partial charge in [0, 0.05) is 12.5 Å². The quantitative estimate of drug-likeness (QED) is 0.856. The number of hydrogen-bond donors (Lipinski definition) is 1. The Bertz CT molecular complexity index is 887. The molecule has 0 amide bonds. The van der Waals surface area contributed by atoms with Gasteiger partial charge in [0.05, 0.1) is 23.8 Å². The predicted molar refractivity (Wildman–Crippen MR) is 79.2 cm³/mol. The fourth-order valence-corrected chi connectivity index (χ4v) is 3.19. The van der Waals surface area contributed by atoms with Crippen molar-refractivity contribution in [3.05, 3.63) is 47.8 Å². The van der Waals surface area contributed by atoms with E-state index >= 15 is 0 Å². The van der Waals surface area contributed by atoms with E-state index in [2.05, 4.69) is 0 Å². The van der Waals surface area contributed by atoms with Crippen LogP contribution in [0.3, 0.4) is 0 Å². The highest BCUT2D eigenvalue weighted by Crippen LogP contribution is 2.32. The molecular weight excluding hydrogens is 347 g/mol. The molecule has 3 rings (SSSR count). The molecule has 0 saturated heterocycles. The molecule has 0 saturated carbocycles. The second kappa shape index (κ2) is 6.23. The summed E-state index contributed by atoms with van der Waals surface area (Å²) in [5.74, 6) is -4.15. The third-order valence-electron chi connectivity index (χ3n) is 3.31. The Kier molecular flexibility index (Phi) is 4.27. The van der Waals surface area contributed by atoms with Crippen molar-refractivity contribution in [2.24, 2.45) is 0 Å². The highest BCUT2D eigenvalue weighted by atomic mass is 32.2. The van der Waals surface area contributed by atoms with Crippen LogP contribution >= 0.6 is 0 Å². The summed E-state index contributed by atoms with van der Waals surface area (Å²) in [6.07, 6.45) is 0.648. The van der Waals surface area contributed by atoms with Crippen LogP contribution in [0.15, 0.2) is 35.2 Å². The maximum Gasteiger partial charge on any atom is 0.262 e. The van der Waals surface area contributed by atoms with Gasteiger partial charge in [-0.1, -0.05) is 0 Å². The van der Waals surface area contributed by atoms with Gasteiger partial charge in [-0.15, -0.1) is 0 Å². The van der Waals surface area contributed by atoms with Crippen LogP contribution in [0.4, 0.5) is 18.9 Å². The summed E-state index contributed by atoms with van der Waals surface area (Å²) in [7, 11) is -4.23. The zero-order valence-electron chi connectivity index (χ0n) is 12.2. The van der Waals surface area contributed by atoms with Gasteiger partial charge in [-0.25, -0.2) is 21.6 Å². The molecule has 1 aliphatic heterocycles. The van der Waals surface area contributed by atoms with E-state index in [0.717, 1.165) is 6.07 Å². The first-order valence-electron chi connectivity index (χ1n) is 6.94. The van der Waals surface area contributed by atoms with E-state index in [9.17, 15) is 21.6 Å². The maximum absolute atomic E-state index is 13.6. The van der Waals surface area contributed by atoms with Gasteiger partial charge in [0.25, 0.3) is 10.0 Å². The fraction of sp³-hybridized carbons (Fsp3) is 0.200. The number of nitrogens with one attached hydrogen (secondary N) is 1. The number of halogens is 3. The fourth-order valence-electron chi connectivity index (χ4n) is 2.12. The van der Waals surface area contributed by atoms with Crippen LogP contribution in [0.25, 0.3) is 0 Å². The lowest BCUT2D eigenvalue weighted by Crippen LogP contribution is -2.15. The highest BCUT2D eigenvalue weighted by Gasteiger charge is 2.22. The Hall–Kier alpha value is -2.42. The number of rotatable bonds is 3. The molecule has 1 heterocycles. The summed E-state index contributed by atoms with van der Waals surface area (Å²) in [6.45, 7) is 0.805. The third-order valence-corrected chi connectivity index (χ3v) is 4.67. The van der Waals surface area contributed by atoms with Gasteiger partial charge >= 0.3 is 0 Å². The molecule has 0 unspecified atom stereocenters. The van der Waals surface area contributed by atoms with Gasteiger partial charge in [0.1, 0.15) is 0 Å². The van der Waals surface area contributed by atoms with Gasteiger partial charge < -0.3 is 9.47 Å². The molecule has 0 aliphatic carbocycles. The number of fused-ring (bicyclic) bond motifs is 1. The van der Waals surface area contributed by atoms with Crippen molar-refractivity contribution in [3.63, 3.8) is 0 Å². The monoisotopic (exact) mass is 359 g/mol. The predicted octanol–water partition coefficient (Wildman–Crippen LogP) is 3.07. The average Bonchev–Trinajstić information content (AvgIpc) is 2.80. The molecule has 0 atom stereocenters. The standard InChI is InChI=1S/C15H12F3NO4S/c16-10-3-4-11(15(18)14(10)17)19-24(20,21)9-2-5-12-13(8-9)23-7-1-6-22-12/h2-5,8,19H,1,6-7H2. The summed E-state index contributed by atoms with van der Waals surface area (Å²) in [5.41, 5.74) is -0.694. The molecule has 0 radical (unpaired) electrons. The van der Waals surface area contributed by atoms with Crippen molar-refractivity contribution in [2.75, 3.05) is 17.9 Å². The minimum absolute atomic E-state index is 0.226. The molecule has 0 spiro atoms. The Balaban J connectivity index is 1.94. The van der Waals surface area contributed by atoms with E-state index in [1.807, 2.05) is 4.72 Å². The van der Waals surface area contributed by atoms with Crippen molar-refractivity contribution in [1.29, 1.82) is 0 Å². The largest absolute Gasteiger partial charge is 0.490 e. The average molecular weight is 359 g/mol. The first kappa shape index (κ1) is 16.4. The van der Waals surface area contributed by atoms with Crippen molar-refractivity contribution >= 4 is 15.7 Å². The molecule has 1 N–H and O–H groups in total. The summed E-state index contributed by atoms with van der Waals surface area (Å²) >= 11 is 0. The van der Waals surface area contributed by atoms with E-state index in [-0.39, 0.29) is 10.6 Å². The highest BCUT2D eigenvalue weighted by molar-refractivity contribution is 7.92. The first-order valence-corrected chi connectivity index (χ1v) is 8.43. The molecule has 2 aromatic rings. The molecule has 24 heavy (non-hydrogen) atoms. The minimum atomic E-state index is -4.23. The number of sulfonamides is 1. The van der Waals surface area contributed by atoms with E-state index in [4.69, 9.17) is 9.47 Å². The van der Waals surface area contributed by atoms with E-state index in [1.165, 1.54) is 18.2 Å². The lowest BCUT2D eigenvalue weighted by molar-refractivity contribution is 0.297. The Labute approximate surface area is 136 Å². The van der Waals surface area contributed by atoms with Crippen LogP contribution in [0.2, 0.25) is 0 Å². The lowest BCUT2D eigenvalue weighted by Gasteiger charge is -2.12. The number of hydrogen-bond acceptors (Lipinski definition) is 4. The van der Waals surface area contributed by atoms with Crippen molar-refractivity contribution in [3.8, 4) is 11.5 Å². The Morgan fingerprint density at radius 2 is 1.62 bits per heavy atom.